The van der Waals surface area contributed by atoms with Crippen LogP contribution in [0.25, 0.3) is 0 Å². The summed E-state index contributed by atoms with van der Waals surface area (Å²) in [5.41, 5.74) is 0. The molecule has 0 saturated carbocycles. The number of pyridine rings is 1. The molecule has 0 amide bonds. The molecule has 1 aromatic rings. The molecule has 0 aliphatic rings. The first-order valence-electron chi connectivity index (χ1n) is 2.03. The minimum absolute atomic E-state index is 1.34. The number of halogens is 1. The van der Waals surface area contributed by atoms with Gasteiger partial charge in [0.25, 0.3) is 0 Å². The van der Waals surface area contributed by atoms with E-state index in [1.807, 2.05) is 12.1 Å². The molecule has 0 N–H and O–H groups in total. The minimum Gasteiger partial charge on any atom is -0.304 e. The topological polar surface area (TPSA) is 12.9 Å². The number of rotatable bonds is 0. The van der Waals surface area contributed by atoms with Crippen LogP contribution in [0.2, 0.25) is 0 Å². The summed E-state index contributed by atoms with van der Waals surface area (Å²) < 4.78 is 0. The van der Waals surface area contributed by atoms with Gasteiger partial charge in [0.05, 0.1) is 0 Å². The molecule has 1 rings (SSSR count). The second kappa shape index (κ2) is 7.50. The van der Waals surface area contributed by atoms with Crippen LogP contribution in [0, 0.1) is 6.07 Å². The van der Waals surface area contributed by atoms with Crippen LogP contribution in [-0.2, 0) is 14.8 Å². The van der Waals surface area contributed by atoms with Gasteiger partial charge in [-0.1, -0.05) is 12.4 Å². The Hall–Kier alpha value is 0.503. The van der Waals surface area contributed by atoms with E-state index in [1.165, 1.54) is 14.8 Å². The van der Waals surface area contributed by atoms with Gasteiger partial charge in [-0.2, -0.15) is 6.07 Å². The van der Waals surface area contributed by atoms with Crippen LogP contribution >= 0.6 is 19.8 Å². The van der Waals surface area contributed by atoms with Crippen molar-refractivity contribution in [2.75, 3.05) is 0 Å². The number of hydrogen-bond acceptors (Lipinski definition) is 1. The minimum atomic E-state index is 1.34. The Balaban J connectivity index is 0.000000222. The van der Waals surface area contributed by atoms with E-state index in [4.69, 9.17) is 0 Å². The van der Waals surface area contributed by atoms with Gasteiger partial charge in [-0.3, -0.25) is 0 Å². The molecule has 0 unspecified atom stereocenters. The van der Waals surface area contributed by atoms with E-state index < -0.39 is 0 Å². The summed E-state index contributed by atoms with van der Waals surface area (Å²) >= 11 is 3.62. The van der Waals surface area contributed by atoms with Crippen molar-refractivity contribution in [1.82, 2.24) is 4.98 Å². The maximum Gasteiger partial charge on any atom is -0.0558 e. The average Bonchev–Trinajstić information content (AvgIpc) is 1.96. The zero-order valence-electron chi connectivity index (χ0n) is 4.34. The molecular weight excluding hydrogens is 266 g/mol. The molecule has 38 valence electrons. The zero-order chi connectivity index (χ0) is 6.24. The van der Waals surface area contributed by atoms with Crippen LogP contribution in [0.4, 0.5) is 0 Å². The molecule has 0 aliphatic heterocycles. The fourth-order valence-electron chi connectivity index (χ4n) is 0.277. The average molecular weight is 270 g/mol. The summed E-state index contributed by atoms with van der Waals surface area (Å²) in [7, 11) is 0. The second-order valence-electron chi connectivity index (χ2n) is 0.953. The van der Waals surface area contributed by atoms with Crippen LogP contribution in [0.1, 0.15) is 0 Å². The summed E-state index contributed by atoms with van der Waals surface area (Å²) in [4.78, 5) is 3.73. The van der Waals surface area contributed by atoms with Crippen molar-refractivity contribution in [3.05, 3.63) is 30.6 Å². The van der Waals surface area contributed by atoms with E-state index in [9.17, 15) is 0 Å². The van der Waals surface area contributed by atoms with E-state index in [2.05, 4.69) is 30.8 Å². The van der Waals surface area contributed by atoms with E-state index in [1.54, 1.807) is 12.4 Å². The monoisotopic (exact) mass is 269 g/mol. The van der Waals surface area contributed by atoms with Crippen molar-refractivity contribution >= 4 is 19.8 Å². The third-order valence-corrected chi connectivity index (χ3v) is 0.514. The van der Waals surface area contributed by atoms with Gasteiger partial charge < -0.3 is 4.98 Å². The summed E-state index contributed by atoms with van der Waals surface area (Å²) in [5, 5.41) is 0. The van der Waals surface area contributed by atoms with Crippen molar-refractivity contribution in [3.63, 3.8) is 0 Å². The first-order valence-corrected chi connectivity index (χ1v) is 11.1. The summed E-state index contributed by atoms with van der Waals surface area (Å²) in [5.74, 6) is 0. The summed E-state index contributed by atoms with van der Waals surface area (Å²) in [6.07, 6.45) is 3.34. The largest absolute Gasteiger partial charge is 0.304 e. The Kier molecular flexibility index (Phi) is 7.98. The smallest absolute Gasteiger partial charge is 0.0558 e. The molecule has 0 bridgehead atoms. The van der Waals surface area contributed by atoms with Gasteiger partial charge >= 0.3 is 34.5 Å². The Morgan fingerprint density at radius 2 is 2.25 bits per heavy atom. The van der Waals surface area contributed by atoms with E-state index in [-0.39, 0.29) is 0 Å². The van der Waals surface area contributed by atoms with Gasteiger partial charge in [0, 0.05) is 0 Å². The van der Waals surface area contributed by atoms with E-state index >= 15 is 0 Å². The standard InChI is InChI=1S/C5H4N.HI.Zn/c1-2-4-6-5-3-1;;/h1-2,4-5H;1H;/q-1;;+2/p-1. The molecule has 8 heavy (non-hydrogen) atoms. The van der Waals surface area contributed by atoms with Crippen molar-refractivity contribution in [3.8, 4) is 0 Å². The zero-order valence-corrected chi connectivity index (χ0v) is 9.47. The third kappa shape index (κ3) is 4.66. The Morgan fingerprint density at radius 3 is 2.38 bits per heavy atom. The molecule has 0 atom stereocenters. The maximum atomic E-state index is 3.73. The molecule has 1 aromatic heterocycles. The molecule has 0 aliphatic carbocycles. The van der Waals surface area contributed by atoms with Crippen molar-refractivity contribution in [1.29, 1.82) is 0 Å². The molecule has 1 nitrogen and oxygen atoms in total. The van der Waals surface area contributed by atoms with Gasteiger partial charge in [0.15, 0.2) is 0 Å². The van der Waals surface area contributed by atoms with Gasteiger partial charge in [-0.25, -0.2) is 12.1 Å². The van der Waals surface area contributed by atoms with Gasteiger partial charge in [0.2, 0.25) is 0 Å². The van der Waals surface area contributed by atoms with E-state index in [0.29, 0.717) is 0 Å². The van der Waals surface area contributed by atoms with E-state index in [0.717, 1.165) is 0 Å². The van der Waals surface area contributed by atoms with Gasteiger partial charge in [-0.15, -0.1) is 0 Å². The van der Waals surface area contributed by atoms with Crippen molar-refractivity contribution in [2.45, 2.75) is 0 Å². The first-order chi connectivity index (χ1) is 4.00. The Labute approximate surface area is 69.8 Å². The fourth-order valence-corrected chi connectivity index (χ4v) is 0.277. The molecule has 0 saturated heterocycles. The Morgan fingerprint density at radius 1 is 1.50 bits per heavy atom. The van der Waals surface area contributed by atoms with Crippen LogP contribution in [0.15, 0.2) is 24.5 Å². The Bertz CT molecular complexity index is 84.4. The number of aromatic nitrogens is 1. The van der Waals surface area contributed by atoms with Crippen LogP contribution in [0.5, 0.6) is 0 Å². The summed E-state index contributed by atoms with van der Waals surface area (Å²) in [6, 6.07) is 6.43. The molecule has 0 radical (unpaired) electrons. The predicted molar refractivity (Wildman–Crippen MR) is 37.1 cm³/mol. The predicted octanol–water partition coefficient (Wildman–Crippen LogP) is 1.76. The summed E-state index contributed by atoms with van der Waals surface area (Å²) in [6.45, 7) is 0. The molecule has 3 heteroatoms. The number of nitrogens with zero attached hydrogens (tertiary/aromatic N) is 1. The SMILES string of the molecule is [Zn+][I].[c-]1cccnc1. The first kappa shape index (κ1) is 8.50. The molecule has 0 spiro atoms. The van der Waals surface area contributed by atoms with Gasteiger partial charge in [-0.05, 0) is 0 Å². The normalized spacial score (nSPS) is 6.88. The molecule has 1 heterocycles. The van der Waals surface area contributed by atoms with Crippen molar-refractivity contribution in [2.24, 2.45) is 0 Å². The number of hydrogen-bond donors (Lipinski definition) is 0. The fraction of sp³-hybridized carbons (Fsp3) is 0. The third-order valence-electron chi connectivity index (χ3n) is 0.514. The van der Waals surface area contributed by atoms with Gasteiger partial charge in [0.1, 0.15) is 0 Å². The van der Waals surface area contributed by atoms with Crippen LogP contribution in [0.3, 0.4) is 0 Å². The van der Waals surface area contributed by atoms with Crippen LogP contribution in [-0.4, -0.2) is 4.98 Å². The van der Waals surface area contributed by atoms with Crippen LogP contribution < -0.4 is 0 Å². The molecular formula is C5H4INZn. The maximum absolute atomic E-state index is 3.73. The molecule has 0 aromatic carbocycles. The quantitative estimate of drug-likeness (QED) is 0.398. The second-order valence-corrected chi connectivity index (χ2v) is 0.953. The van der Waals surface area contributed by atoms with Crippen molar-refractivity contribution < 1.29 is 14.8 Å². The molecule has 0 fully saturated rings.